The van der Waals surface area contributed by atoms with Gasteiger partial charge >= 0.3 is 0 Å². The Balaban J connectivity index is 2.48. The molecule has 0 aliphatic rings. The summed E-state index contributed by atoms with van der Waals surface area (Å²) in [5.41, 5.74) is 8.43. The highest BCUT2D eigenvalue weighted by Crippen LogP contribution is 2.20. The molecule has 0 aliphatic carbocycles. The van der Waals surface area contributed by atoms with Crippen LogP contribution in [0.1, 0.15) is 27.0 Å². The van der Waals surface area contributed by atoms with Gasteiger partial charge in [0.2, 0.25) is 0 Å². The predicted molar refractivity (Wildman–Crippen MR) is 70.2 cm³/mol. The highest BCUT2D eigenvalue weighted by molar-refractivity contribution is 6.10. The van der Waals surface area contributed by atoms with Crippen molar-refractivity contribution in [3.05, 3.63) is 64.5 Å². The van der Waals surface area contributed by atoms with Crippen LogP contribution in [0, 0.1) is 19.7 Å². The Kier molecular flexibility index (Phi) is 3.15. The summed E-state index contributed by atoms with van der Waals surface area (Å²) >= 11 is 0. The van der Waals surface area contributed by atoms with Gasteiger partial charge in [0, 0.05) is 16.8 Å². The Bertz CT molecular complexity index is 620. The summed E-state index contributed by atoms with van der Waals surface area (Å²) in [5, 5.41) is 0. The van der Waals surface area contributed by atoms with E-state index < -0.39 is 0 Å². The second-order valence-electron chi connectivity index (χ2n) is 4.31. The highest BCUT2D eigenvalue weighted by atomic mass is 19.1. The van der Waals surface area contributed by atoms with Crippen molar-refractivity contribution in [1.29, 1.82) is 0 Å². The fraction of sp³-hybridized carbons (Fsp3) is 0.133. The largest absolute Gasteiger partial charge is 0.398 e. The molecule has 92 valence electrons. The van der Waals surface area contributed by atoms with E-state index in [0.29, 0.717) is 22.4 Å². The molecule has 0 amide bonds. The number of carbonyl (C=O) groups excluding carboxylic acids is 1. The van der Waals surface area contributed by atoms with Gasteiger partial charge in [0.05, 0.1) is 0 Å². The van der Waals surface area contributed by atoms with Gasteiger partial charge in [-0.05, 0) is 37.1 Å². The van der Waals surface area contributed by atoms with E-state index in [9.17, 15) is 9.18 Å². The first kappa shape index (κ1) is 12.3. The Morgan fingerprint density at radius 2 is 1.89 bits per heavy atom. The van der Waals surface area contributed by atoms with Gasteiger partial charge in [0.15, 0.2) is 5.78 Å². The van der Waals surface area contributed by atoms with Crippen LogP contribution < -0.4 is 5.73 Å². The summed E-state index contributed by atoms with van der Waals surface area (Å²) in [4.78, 5) is 12.3. The summed E-state index contributed by atoms with van der Waals surface area (Å²) in [5.74, 6) is -0.582. The van der Waals surface area contributed by atoms with Crippen LogP contribution in [0.4, 0.5) is 10.1 Å². The molecule has 0 heterocycles. The van der Waals surface area contributed by atoms with Crippen LogP contribution in [-0.4, -0.2) is 5.78 Å². The molecule has 2 N–H and O–H groups in total. The van der Waals surface area contributed by atoms with E-state index in [1.807, 2.05) is 0 Å². The van der Waals surface area contributed by atoms with E-state index in [0.717, 1.165) is 5.56 Å². The van der Waals surface area contributed by atoms with E-state index in [1.54, 1.807) is 44.2 Å². The number of benzene rings is 2. The zero-order valence-corrected chi connectivity index (χ0v) is 10.3. The SMILES string of the molecule is Cc1ccc(C(=O)c2cccc(N)c2C)cc1F. The molecule has 0 aliphatic heterocycles. The molecule has 2 nitrogen and oxygen atoms in total. The summed E-state index contributed by atoms with van der Waals surface area (Å²) in [7, 11) is 0. The number of halogens is 1. The second kappa shape index (κ2) is 4.61. The number of anilines is 1. The lowest BCUT2D eigenvalue weighted by Crippen LogP contribution is -2.06. The molecule has 2 rings (SSSR count). The molecule has 18 heavy (non-hydrogen) atoms. The Morgan fingerprint density at radius 3 is 2.56 bits per heavy atom. The van der Waals surface area contributed by atoms with Gasteiger partial charge < -0.3 is 5.73 Å². The van der Waals surface area contributed by atoms with Gasteiger partial charge in [-0.1, -0.05) is 24.3 Å². The summed E-state index contributed by atoms with van der Waals surface area (Å²) in [6.45, 7) is 3.45. The van der Waals surface area contributed by atoms with E-state index in [2.05, 4.69) is 0 Å². The first-order valence-electron chi connectivity index (χ1n) is 5.66. The van der Waals surface area contributed by atoms with E-state index >= 15 is 0 Å². The van der Waals surface area contributed by atoms with E-state index in [1.165, 1.54) is 6.07 Å². The average molecular weight is 243 g/mol. The lowest BCUT2D eigenvalue weighted by molar-refractivity contribution is 0.103. The van der Waals surface area contributed by atoms with E-state index in [-0.39, 0.29) is 11.6 Å². The third kappa shape index (κ3) is 2.12. The van der Waals surface area contributed by atoms with Crippen molar-refractivity contribution in [1.82, 2.24) is 0 Å². The molecular weight excluding hydrogens is 229 g/mol. The monoisotopic (exact) mass is 243 g/mol. The normalized spacial score (nSPS) is 10.4. The zero-order valence-electron chi connectivity index (χ0n) is 10.3. The third-order valence-corrected chi connectivity index (χ3v) is 3.05. The maximum absolute atomic E-state index is 13.5. The van der Waals surface area contributed by atoms with Crippen LogP contribution in [0.5, 0.6) is 0 Å². The standard InChI is InChI=1S/C15H14FNO/c1-9-6-7-11(8-13(9)16)15(18)12-4-3-5-14(17)10(12)2/h3-8H,17H2,1-2H3. The maximum Gasteiger partial charge on any atom is 0.193 e. The molecule has 0 fully saturated rings. The minimum atomic E-state index is -0.373. The smallest absolute Gasteiger partial charge is 0.193 e. The fourth-order valence-corrected chi connectivity index (χ4v) is 1.79. The lowest BCUT2D eigenvalue weighted by atomic mass is 9.97. The van der Waals surface area contributed by atoms with Crippen LogP contribution >= 0.6 is 0 Å². The molecule has 0 atom stereocenters. The quantitative estimate of drug-likeness (QED) is 0.650. The van der Waals surface area contributed by atoms with Gasteiger partial charge in [-0.3, -0.25) is 4.79 Å². The van der Waals surface area contributed by atoms with Crippen molar-refractivity contribution in [2.45, 2.75) is 13.8 Å². The van der Waals surface area contributed by atoms with Crippen molar-refractivity contribution < 1.29 is 9.18 Å². The van der Waals surface area contributed by atoms with Gasteiger partial charge in [0.25, 0.3) is 0 Å². The predicted octanol–water partition coefficient (Wildman–Crippen LogP) is 3.26. The van der Waals surface area contributed by atoms with Crippen molar-refractivity contribution in [2.24, 2.45) is 0 Å². The molecule has 0 radical (unpaired) electrons. The number of nitrogens with two attached hydrogens (primary N) is 1. The summed E-state index contributed by atoms with van der Waals surface area (Å²) in [6.07, 6.45) is 0. The van der Waals surface area contributed by atoms with Crippen LogP contribution in [0.25, 0.3) is 0 Å². The second-order valence-corrected chi connectivity index (χ2v) is 4.31. The third-order valence-electron chi connectivity index (χ3n) is 3.05. The lowest BCUT2D eigenvalue weighted by Gasteiger charge is -2.08. The number of hydrogen-bond donors (Lipinski definition) is 1. The molecule has 0 saturated heterocycles. The maximum atomic E-state index is 13.5. The molecular formula is C15H14FNO. The zero-order chi connectivity index (χ0) is 13.3. The first-order chi connectivity index (χ1) is 8.50. The van der Waals surface area contributed by atoms with Crippen molar-refractivity contribution >= 4 is 11.5 Å². The van der Waals surface area contributed by atoms with Crippen LogP contribution in [0.15, 0.2) is 36.4 Å². The topological polar surface area (TPSA) is 43.1 Å². The number of carbonyl (C=O) groups is 1. The molecule has 0 bridgehead atoms. The molecule has 0 aromatic heterocycles. The Labute approximate surface area is 105 Å². The molecule has 3 heteroatoms. The number of rotatable bonds is 2. The highest BCUT2D eigenvalue weighted by Gasteiger charge is 2.14. The Hall–Kier alpha value is -2.16. The molecule has 2 aromatic carbocycles. The van der Waals surface area contributed by atoms with Gasteiger partial charge in [-0.25, -0.2) is 4.39 Å². The van der Waals surface area contributed by atoms with Gasteiger partial charge in [-0.2, -0.15) is 0 Å². The van der Waals surface area contributed by atoms with Gasteiger partial charge in [0.1, 0.15) is 5.82 Å². The number of aryl methyl sites for hydroxylation is 1. The summed E-state index contributed by atoms with van der Waals surface area (Å²) in [6, 6.07) is 9.65. The van der Waals surface area contributed by atoms with Crippen LogP contribution in [-0.2, 0) is 0 Å². The van der Waals surface area contributed by atoms with Gasteiger partial charge in [-0.15, -0.1) is 0 Å². The van der Waals surface area contributed by atoms with Crippen LogP contribution in [0.3, 0.4) is 0 Å². The minimum absolute atomic E-state index is 0.210. The molecule has 2 aromatic rings. The number of nitrogen functional groups attached to an aromatic ring is 1. The molecule has 0 saturated carbocycles. The summed E-state index contributed by atoms with van der Waals surface area (Å²) < 4.78 is 13.5. The van der Waals surface area contributed by atoms with Crippen molar-refractivity contribution in [3.8, 4) is 0 Å². The average Bonchev–Trinajstić information content (AvgIpc) is 2.35. The van der Waals surface area contributed by atoms with Crippen molar-refractivity contribution in [2.75, 3.05) is 5.73 Å². The van der Waals surface area contributed by atoms with Crippen molar-refractivity contribution in [3.63, 3.8) is 0 Å². The van der Waals surface area contributed by atoms with E-state index in [4.69, 9.17) is 5.73 Å². The number of ketones is 1. The number of hydrogen-bond acceptors (Lipinski definition) is 2. The first-order valence-corrected chi connectivity index (χ1v) is 5.66. The Morgan fingerprint density at radius 1 is 1.17 bits per heavy atom. The minimum Gasteiger partial charge on any atom is -0.398 e. The molecule has 0 unspecified atom stereocenters. The van der Waals surface area contributed by atoms with Crippen LogP contribution in [0.2, 0.25) is 0 Å². The fourth-order valence-electron chi connectivity index (χ4n) is 1.79. The molecule has 0 spiro atoms.